The Morgan fingerprint density at radius 3 is 2.88 bits per heavy atom. The number of carbonyl (C=O) groups is 1. The third-order valence-corrected chi connectivity index (χ3v) is 3.84. The molecule has 1 amide bonds. The summed E-state index contributed by atoms with van der Waals surface area (Å²) in [5.41, 5.74) is 1.68. The van der Waals surface area contributed by atoms with Gasteiger partial charge in [-0.3, -0.25) is 4.79 Å². The van der Waals surface area contributed by atoms with E-state index in [0.717, 1.165) is 18.7 Å². The van der Waals surface area contributed by atoms with Crippen molar-refractivity contribution < 1.29 is 14.3 Å². The summed E-state index contributed by atoms with van der Waals surface area (Å²) in [5.74, 6) is 0.566. The number of morpholine rings is 1. The minimum Gasteiger partial charge on any atom is -0.489 e. The molecule has 2 aromatic rings. The highest BCUT2D eigenvalue weighted by Gasteiger charge is 2.15. The molecule has 0 aromatic heterocycles. The summed E-state index contributed by atoms with van der Waals surface area (Å²) in [4.78, 5) is 12.3. The summed E-state index contributed by atoms with van der Waals surface area (Å²) < 4.78 is 11.3. The molecule has 1 aliphatic heterocycles. The Hall–Kier alpha value is -2.37. The lowest BCUT2D eigenvalue weighted by Crippen LogP contribution is -2.45. The van der Waals surface area contributed by atoms with Crippen molar-refractivity contribution in [1.29, 1.82) is 0 Å². The largest absolute Gasteiger partial charge is 0.489 e. The molecule has 1 fully saturated rings. The number of rotatable bonds is 6. The van der Waals surface area contributed by atoms with E-state index in [2.05, 4.69) is 10.6 Å². The molecular formula is C19H22N2O3. The molecule has 0 spiro atoms. The average Bonchev–Trinajstić information content (AvgIpc) is 2.66. The van der Waals surface area contributed by atoms with Crippen LogP contribution in [-0.4, -0.2) is 38.3 Å². The van der Waals surface area contributed by atoms with Crippen molar-refractivity contribution in [3.05, 3.63) is 65.7 Å². The van der Waals surface area contributed by atoms with Crippen LogP contribution in [0.15, 0.2) is 54.6 Å². The summed E-state index contributed by atoms with van der Waals surface area (Å²) >= 11 is 0. The van der Waals surface area contributed by atoms with Crippen LogP contribution in [0.25, 0.3) is 0 Å². The van der Waals surface area contributed by atoms with E-state index in [1.807, 2.05) is 42.5 Å². The zero-order chi connectivity index (χ0) is 16.6. The van der Waals surface area contributed by atoms with Gasteiger partial charge in [-0.25, -0.2) is 0 Å². The van der Waals surface area contributed by atoms with Crippen LogP contribution in [-0.2, 0) is 11.3 Å². The molecule has 0 saturated carbocycles. The van der Waals surface area contributed by atoms with E-state index >= 15 is 0 Å². The molecule has 1 heterocycles. The van der Waals surface area contributed by atoms with Crippen LogP contribution in [0.4, 0.5) is 0 Å². The van der Waals surface area contributed by atoms with Gasteiger partial charge in [0.1, 0.15) is 12.4 Å². The van der Waals surface area contributed by atoms with Gasteiger partial charge < -0.3 is 20.1 Å². The van der Waals surface area contributed by atoms with Crippen LogP contribution in [0, 0.1) is 0 Å². The Kier molecular flexibility index (Phi) is 5.82. The normalized spacial score (nSPS) is 17.2. The highest BCUT2D eigenvalue weighted by atomic mass is 16.5. The van der Waals surface area contributed by atoms with Crippen molar-refractivity contribution in [2.75, 3.05) is 26.2 Å². The predicted molar refractivity (Wildman–Crippen MR) is 92.2 cm³/mol. The van der Waals surface area contributed by atoms with Gasteiger partial charge in [0.05, 0.1) is 12.7 Å². The zero-order valence-corrected chi connectivity index (χ0v) is 13.5. The molecule has 2 aromatic carbocycles. The number of amides is 1. The molecule has 1 aliphatic rings. The Balaban J connectivity index is 1.52. The molecule has 3 rings (SSSR count). The van der Waals surface area contributed by atoms with Crippen molar-refractivity contribution in [3.8, 4) is 5.75 Å². The Morgan fingerprint density at radius 2 is 2.08 bits per heavy atom. The van der Waals surface area contributed by atoms with Crippen molar-refractivity contribution in [2.45, 2.75) is 12.7 Å². The van der Waals surface area contributed by atoms with Gasteiger partial charge >= 0.3 is 0 Å². The lowest BCUT2D eigenvalue weighted by Gasteiger charge is -2.23. The molecule has 5 heteroatoms. The fourth-order valence-corrected chi connectivity index (χ4v) is 2.53. The van der Waals surface area contributed by atoms with E-state index in [1.165, 1.54) is 0 Å². The van der Waals surface area contributed by atoms with E-state index in [4.69, 9.17) is 9.47 Å². The van der Waals surface area contributed by atoms with Crippen molar-refractivity contribution in [3.63, 3.8) is 0 Å². The lowest BCUT2D eigenvalue weighted by molar-refractivity contribution is 0.0287. The molecule has 5 nitrogen and oxygen atoms in total. The van der Waals surface area contributed by atoms with Gasteiger partial charge in [-0.1, -0.05) is 36.4 Å². The smallest absolute Gasteiger partial charge is 0.251 e. The highest BCUT2D eigenvalue weighted by molar-refractivity contribution is 5.94. The van der Waals surface area contributed by atoms with Crippen LogP contribution in [0.2, 0.25) is 0 Å². The summed E-state index contributed by atoms with van der Waals surface area (Å²) in [6.07, 6.45) is 0.0280. The molecule has 1 saturated heterocycles. The van der Waals surface area contributed by atoms with Crippen LogP contribution in [0.3, 0.4) is 0 Å². The molecule has 2 N–H and O–H groups in total. The monoisotopic (exact) mass is 326 g/mol. The zero-order valence-electron chi connectivity index (χ0n) is 13.5. The second-order valence-electron chi connectivity index (χ2n) is 5.71. The lowest BCUT2D eigenvalue weighted by atomic mass is 10.2. The second-order valence-corrected chi connectivity index (χ2v) is 5.71. The number of hydrogen-bond donors (Lipinski definition) is 2. The maximum atomic E-state index is 12.3. The summed E-state index contributed by atoms with van der Waals surface area (Å²) in [6, 6.07) is 17.2. The highest BCUT2D eigenvalue weighted by Crippen LogP contribution is 2.15. The van der Waals surface area contributed by atoms with Gasteiger partial charge in [-0.2, -0.15) is 0 Å². The molecule has 0 aliphatic carbocycles. The molecule has 0 bridgehead atoms. The standard InChI is InChI=1S/C19H22N2O3/c22-19(21-13-18-12-20-9-10-23-18)16-7-4-8-17(11-16)24-14-15-5-2-1-3-6-15/h1-8,11,18,20H,9-10,12-14H2,(H,21,22). The maximum absolute atomic E-state index is 12.3. The topological polar surface area (TPSA) is 59.6 Å². The first-order valence-electron chi connectivity index (χ1n) is 8.18. The summed E-state index contributed by atoms with van der Waals surface area (Å²) in [6.45, 7) is 3.30. The SMILES string of the molecule is O=C(NCC1CNCCO1)c1cccc(OCc2ccccc2)c1. The number of ether oxygens (including phenoxy) is 2. The third kappa shape index (κ3) is 4.81. The molecule has 24 heavy (non-hydrogen) atoms. The number of nitrogens with one attached hydrogen (secondary N) is 2. The van der Waals surface area contributed by atoms with Gasteiger partial charge in [0.25, 0.3) is 5.91 Å². The molecule has 0 radical (unpaired) electrons. The van der Waals surface area contributed by atoms with E-state index < -0.39 is 0 Å². The minimum atomic E-state index is -0.116. The first-order valence-corrected chi connectivity index (χ1v) is 8.18. The summed E-state index contributed by atoms with van der Waals surface area (Å²) in [7, 11) is 0. The van der Waals surface area contributed by atoms with Crippen molar-refractivity contribution in [1.82, 2.24) is 10.6 Å². The first kappa shape index (κ1) is 16.5. The Morgan fingerprint density at radius 1 is 1.21 bits per heavy atom. The van der Waals surface area contributed by atoms with E-state index in [9.17, 15) is 4.79 Å². The molecule has 1 unspecified atom stereocenters. The van der Waals surface area contributed by atoms with Gasteiger partial charge in [0, 0.05) is 25.2 Å². The van der Waals surface area contributed by atoms with E-state index in [1.54, 1.807) is 12.1 Å². The quantitative estimate of drug-likeness (QED) is 0.852. The van der Waals surface area contributed by atoms with Crippen LogP contribution >= 0.6 is 0 Å². The minimum absolute atomic E-state index is 0.0280. The van der Waals surface area contributed by atoms with Crippen LogP contribution in [0.1, 0.15) is 15.9 Å². The van der Waals surface area contributed by atoms with Gasteiger partial charge in [0.2, 0.25) is 0 Å². The maximum Gasteiger partial charge on any atom is 0.251 e. The molecular weight excluding hydrogens is 304 g/mol. The van der Waals surface area contributed by atoms with Crippen LogP contribution in [0.5, 0.6) is 5.75 Å². The first-order chi connectivity index (χ1) is 11.8. The third-order valence-electron chi connectivity index (χ3n) is 3.84. The number of carbonyl (C=O) groups excluding carboxylic acids is 1. The van der Waals surface area contributed by atoms with Crippen molar-refractivity contribution >= 4 is 5.91 Å². The predicted octanol–water partition coefficient (Wildman–Crippen LogP) is 1.98. The average molecular weight is 326 g/mol. The van der Waals surface area contributed by atoms with E-state index in [0.29, 0.717) is 31.1 Å². The molecule has 126 valence electrons. The Labute approximate surface area is 142 Å². The van der Waals surface area contributed by atoms with Crippen LogP contribution < -0.4 is 15.4 Å². The van der Waals surface area contributed by atoms with Gasteiger partial charge in [0.15, 0.2) is 0 Å². The Bertz CT molecular complexity index is 655. The number of hydrogen-bond acceptors (Lipinski definition) is 4. The number of benzene rings is 2. The fraction of sp³-hybridized carbons (Fsp3) is 0.316. The van der Waals surface area contributed by atoms with E-state index in [-0.39, 0.29) is 12.0 Å². The van der Waals surface area contributed by atoms with Gasteiger partial charge in [-0.15, -0.1) is 0 Å². The second kappa shape index (κ2) is 8.47. The fourth-order valence-electron chi connectivity index (χ4n) is 2.53. The van der Waals surface area contributed by atoms with Gasteiger partial charge in [-0.05, 0) is 23.8 Å². The molecule has 1 atom stereocenters. The summed E-state index contributed by atoms with van der Waals surface area (Å²) in [5, 5.41) is 6.15. The van der Waals surface area contributed by atoms with Crippen molar-refractivity contribution in [2.24, 2.45) is 0 Å².